The molecule has 0 aliphatic carbocycles. The minimum Gasteiger partial charge on any atom is -0.276 e. The lowest BCUT2D eigenvalue weighted by molar-refractivity contribution is 0.433. The van der Waals surface area contributed by atoms with E-state index < -0.39 is 0 Å². The van der Waals surface area contributed by atoms with Crippen molar-refractivity contribution in [2.75, 3.05) is 0 Å². The summed E-state index contributed by atoms with van der Waals surface area (Å²) in [6, 6.07) is 5.92. The van der Waals surface area contributed by atoms with Crippen LogP contribution in [-0.2, 0) is 0 Å². The first-order valence-corrected chi connectivity index (χ1v) is 9.03. The normalized spacial score (nSPS) is 19.7. The van der Waals surface area contributed by atoms with Crippen molar-refractivity contribution in [1.82, 2.24) is 9.61 Å². The van der Waals surface area contributed by atoms with Gasteiger partial charge in [-0.3, -0.25) is 4.99 Å². The summed E-state index contributed by atoms with van der Waals surface area (Å²) in [6.45, 7) is 6.58. The Morgan fingerprint density at radius 1 is 1.26 bits per heavy atom. The van der Waals surface area contributed by atoms with Crippen molar-refractivity contribution in [3.8, 4) is 0 Å². The molecule has 0 spiro atoms. The van der Waals surface area contributed by atoms with Crippen molar-refractivity contribution in [3.63, 3.8) is 0 Å². The van der Waals surface area contributed by atoms with Crippen LogP contribution in [0.15, 0.2) is 34.8 Å². The Morgan fingerprint density at radius 3 is 2.83 bits per heavy atom. The van der Waals surface area contributed by atoms with Crippen LogP contribution in [0.1, 0.15) is 42.7 Å². The van der Waals surface area contributed by atoms with Crippen LogP contribution in [0, 0.1) is 0 Å². The highest BCUT2D eigenvalue weighted by Gasteiger charge is 2.35. The highest BCUT2D eigenvalue weighted by molar-refractivity contribution is 7.12. The van der Waals surface area contributed by atoms with Crippen LogP contribution >= 0.6 is 34.5 Å². The highest BCUT2D eigenvalue weighted by Crippen LogP contribution is 2.41. The van der Waals surface area contributed by atoms with E-state index in [1.54, 1.807) is 21.9 Å². The molecule has 3 aromatic rings. The minimum atomic E-state index is -0.154. The molecule has 0 amide bonds. The molecule has 23 heavy (non-hydrogen) atoms. The number of aliphatic imine (C=N–C) groups is 1. The lowest BCUT2D eigenvalue weighted by atomic mass is 9.80. The van der Waals surface area contributed by atoms with Crippen LogP contribution in [-0.4, -0.2) is 20.9 Å². The van der Waals surface area contributed by atoms with Gasteiger partial charge in [0, 0.05) is 11.5 Å². The third kappa shape index (κ3) is 2.24. The molecule has 6 heteroatoms. The molecule has 1 unspecified atom stereocenters. The van der Waals surface area contributed by atoms with Crippen LogP contribution in [0.5, 0.6) is 0 Å². The average molecular weight is 364 g/mol. The molecule has 4 heterocycles. The topological polar surface area (TPSA) is 29.7 Å². The lowest BCUT2D eigenvalue weighted by Crippen LogP contribution is -2.32. The summed E-state index contributed by atoms with van der Waals surface area (Å²) in [5.74, 6) is 0.385. The van der Waals surface area contributed by atoms with E-state index in [1.807, 2.05) is 12.3 Å². The van der Waals surface area contributed by atoms with E-state index in [2.05, 4.69) is 37.3 Å². The molecular formula is C17H15Cl2N3S. The van der Waals surface area contributed by atoms with Gasteiger partial charge in [0.25, 0.3) is 0 Å². The molecule has 1 aliphatic heterocycles. The standard InChI is InChI=1S/C17H15Cl2N3S/c1-9-11-4-5-23-16(11)15(21-17(9,2)3)10-6-13-12(18)7-14(19)22(13)20-8-10/h4-9H,1-3H3. The zero-order chi connectivity index (χ0) is 16.4. The SMILES string of the molecule is CC1c2ccsc2C(c2cnn3c(Cl)cc(Cl)c3c2)=NC1(C)C. The van der Waals surface area contributed by atoms with E-state index in [9.17, 15) is 0 Å². The van der Waals surface area contributed by atoms with Crippen LogP contribution in [0.2, 0.25) is 10.2 Å². The zero-order valence-corrected chi connectivity index (χ0v) is 15.3. The Balaban J connectivity index is 1.95. The Labute approximate surface area is 148 Å². The molecule has 0 radical (unpaired) electrons. The Hall–Kier alpha value is -1.36. The van der Waals surface area contributed by atoms with Gasteiger partial charge in [-0.05, 0) is 43.0 Å². The van der Waals surface area contributed by atoms with Crippen molar-refractivity contribution in [1.29, 1.82) is 0 Å². The van der Waals surface area contributed by atoms with Crippen LogP contribution < -0.4 is 0 Å². The fraction of sp³-hybridized carbons (Fsp3) is 0.294. The second-order valence-corrected chi connectivity index (χ2v) is 8.11. The van der Waals surface area contributed by atoms with E-state index in [4.69, 9.17) is 28.2 Å². The van der Waals surface area contributed by atoms with E-state index in [1.165, 1.54) is 10.4 Å². The molecule has 0 N–H and O–H groups in total. The van der Waals surface area contributed by atoms with Gasteiger partial charge >= 0.3 is 0 Å². The quantitative estimate of drug-likeness (QED) is 0.566. The van der Waals surface area contributed by atoms with Gasteiger partial charge in [0.1, 0.15) is 5.15 Å². The lowest BCUT2D eigenvalue weighted by Gasteiger charge is -2.33. The van der Waals surface area contributed by atoms with Crippen molar-refractivity contribution in [2.24, 2.45) is 4.99 Å². The van der Waals surface area contributed by atoms with E-state index >= 15 is 0 Å². The molecule has 4 rings (SSSR count). The van der Waals surface area contributed by atoms with Gasteiger partial charge in [0.15, 0.2) is 0 Å². The van der Waals surface area contributed by atoms with Gasteiger partial charge in [0.2, 0.25) is 0 Å². The molecule has 0 bridgehead atoms. The van der Waals surface area contributed by atoms with Crippen LogP contribution in [0.25, 0.3) is 5.52 Å². The molecular weight excluding hydrogens is 349 g/mol. The predicted octanol–water partition coefficient (Wildman–Crippen LogP) is 5.44. The number of nitrogens with zero attached hydrogens (tertiary/aromatic N) is 3. The summed E-state index contributed by atoms with van der Waals surface area (Å²) in [5, 5.41) is 7.66. The Kier molecular flexibility index (Phi) is 3.34. The van der Waals surface area contributed by atoms with E-state index in [0.717, 1.165) is 16.8 Å². The third-order valence-electron chi connectivity index (χ3n) is 4.64. The van der Waals surface area contributed by atoms with Gasteiger partial charge in [0.05, 0.1) is 32.9 Å². The second kappa shape index (κ2) is 5.07. The second-order valence-electron chi connectivity index (χ2n) is 6.40. The zero-order valence-electron chi connectivity index (χ0n) is 13.0. The number of aromatic nitrogens is 2. The van der Waals surface area contributed by atoms with Crippen LogP contribution in [0.4, 0.5) is 0 Å². The number of hydrogen-bond acceptors (Lipinski definition) is 3. The molecule has 1 aliphatic rings. The molecule has 118 valence electrons. The highest BCUT2D eigenvalue weighted by atomic mass is 35.5. The van der Waals surface area contributed by atoms with Gasteiger partial charge in [-0.2, -0.15) is 5.10 Å². The largest absolute Gasteiger partial charge is 0.276 e. The maximum absolute atomic E-state index is 6.26. The number of hydrogen-bond donors (Lipinski definition) is 0. The fourth-order valence-electron chi connectivity index (χ4n) is 3.00. The molecule has 0 aromatic carbocycles. The first-order chi connectivity index (χ1) is 10.9. The molecule has 3 nitrogen and oxygen atoms in total. The summed E-state index contributed by atoms with van der Waals surface area (Å²) >= 11 is 14.1. The summed E-state index contributed by atoms with van der Waals surface area (Å²) < 4.78 is 1.64. The van der Waals surface area contributed by atoms with Crippen molar-refractivity contribution < 1.29 is 0 Å². The van der Waals surface area contributed by atoms with E-state index in [-0.39, 0.29) is 5.54 Å². The number of fused-ring (bicyclic) bond motifs is 2. The molecule has 0 saturated heterocycles. The van der Waals surface area contributed by atoms with Crippen molar-refractivity contribution >= 4 is 45.8 Å². The Bertz CT molecular complexity index is 952. The maximum atomic E-state index is 6.26. The predicted molar refractivity (Wildman–Crippen MR) is 97.7 cm³/mol. The summed E-state index contributed by atoms with van der Waals surface area (Å²) in [5.41, 5.74) is 3.95. The van der Waals surface area contributed by atoms with Crippen molar-refractivity contribution in [2.45, 2.75) is 32.2 Å². The van der Waals surface area contributed by atoms with E-state index in [0.29, 0.717) is 16.1 Å². The van der Waals surface area contributed by atoms with Crippen molar-refractivity contribution in [3.05, 3.63) is 56.0 Å². The maximum Gasteiger partial charge on any atom is 0.132 e. The summed E-state index contributed by atoms with van der Waals surface area (Å²) in [7, 11) is 0. The smallest absolute Gasteiger partial charge is 0.132 e. The molecule has 3 aromatic heterocycles. The monoisotopic (exact) mass is 363 g/mol. The summed E-state index contributed by atoms with van der Waals surface area (Å²) in [4.78, 5) is 6.24. The summed E-state index contributed by atoms with van der Waals surface area (Å²) in [6.07, 6.45) is 1.81. The molecule has 1 atom stereocenters. The van der Waals surface area contributed by atoms with Crippen LogP contribution in [0.3, 0.4) is 0 Å². The van der Waals surface area contributed by atoms with Gasteiger partial charge in [-0.25, -0.2) is 4.52 Å². The number of halogens is 2. The average Bonchev–Trinajstić information content (AvgIpc) is 3.09. The third-order valence-corrected chi connectivity index (χ3v) is 6.14. The first-order valence-electron chi connectivity index (χ1n) is 7.39. The fourth-order valence-corrected chi connectivity index (χ4v) is 4.55. The Morgan fingerprint density at radius 2 is 2.04 bits per heavy atom. The van der Waals surface area contributed by atoms with Gasteiger partial charge < -0.3 is 0 Å². The number of thiophene rings is 1. The number of rotatable bonds is 1. The first kappa shape index (κ1) is 15.2. The molecule has 0 saturated carbocycles. The minimum absolute atomic E-state index is 0.154. The van der Waals surface area contributed by atoms with Gasteiger partial charge in [-0.1, -0.05) is 30.1 Å². The molecule has 0 fully saturated rings. The van der Waals surface area contributed by atoms with Gasteiger partial charge in [-0.15, -0.1) is 11.3 Å².